The summed E-state index contributed by atoms with van der Waals surface area (Å²) in [6, 6.07) is 4.74. The molecule has 1 fully saturated rings. The Balaban J connectivity index is 1.46. The number of amides is 1. The number of rotatable bonds is 2. The van der Waals surface area contributed by atoms with Crippen LogP contribution < -0.4 is 0 Å². The summed E-state index contributed by atoms with van der Waals surface area (Å²) in [7, 11) is 0. The number of alkyl halides is 3. The molecule has 1 amide bonds. The van der Waals surface area contributed by atoms with Gasteiger partial charge in [0.15, 0.2) is 5.69 Å². The van der Waals surface area contributed by atoms with E-state index in [0.29, 0.717) is 13.1 Å². The fraction of sp³-hybridized carbons (Fsp3) is 0.353. The van der Waals surface area contributed by atoms with Gasteiger partial charge in [0.1, 0.15) is 11.3 Å². The highest BCUT2D eigenvalue weighted by Gasteiger charge is 2.35. The zero-order valence-corrected chi connectivity index (χ0v) is 13.7. The van der Waals surface area contributed by atoms with Crippen LogP contribution in [0.2, 0.25) is 0 Å². The van der Waals surface area contributed by atoms with Crippen LogP contribution in [0.5, 0.6) is 0 Å². The van der Waals surface area contributed by atoms with Crippen LogP contribution >= 0.6 is 0 Å². The average molecular weight is 363 g/mol. The Morgan fingerprint density at radius 3 is 2.69 bits per heavy atom. The van der Waals surface area contributed by atoms with E-state index in [1.54, 1.807) is 11.1 Å². The van der Waals surface area contributed by atoms with Crippen LogP contribution in [-0.2, 0) is 6.18 Å². The van der Waals surface area contributed by atoms with Crippen molar-refractivity contribution in [1.29, 1.82) is 0 Å². The summed E-state index contributed by atoms with van der Waals surface area (Å²) in [6.07, 6.45) is 0.546. The van der Waals surface area contributed by atoms with Gasteiger partial charge in [0, 0.05) is 36.9 Å². The Bertz CT molecular complexity index is 937. The standard InChI is InChI=1S/C17H16F3N5O/c18-17(19,20)14-9-13(23-24-14)16(26)25-7-3-10(4-8-25)11-1-5-21-15-12(11)2-6-22-15/h1-2,5-6,9-10H,3-4,7-8H2,(H,21,22)(H,23,24). The highest BCUT2D eigenvalue weighted by atomic mass is 19.4. The van der Waals surface area contributed by atoms with Crippen molar-refractivity contribution in [2.45, 2.75) is 24.9 Å². The molecule has 1 aliphatic rings. The predicted octanol–water partition coefficient (Wildman–Crippen LogP) is 3.32. The third kappa shape index (κ3) is 2.93. The number of carbonyl (C=O) groups excluding carboxylic acids is 1. The summed E-state index contributed by atoms with van der Waals surface area (Å²) < 4.78 is 37.9. The molecule has 3 aromatic rings. The molecule has 3 aromatic heterocycles. The van der Waals surface area contributed by atoms with E-state index in [4.69, 9.17) is 0 Å². The molecule has 0 aromatic carbocycles. The van der Waals surface area contributed by atoms with E-state index < -0.39 is 17.8 Å². The van der Waals surface area contributed by atoms with E-state index >= 15 is 0 Å². The second-order valence-corrected chi connectivity index (χ2v) is 6.37. The van der Waals surface area contributed by atoms with Gasteiger partial charge in [0.05, 0.1) is 0 Å². The smallest absolute Gasteiger partial charge is 0.346 e. The Morgan fingerprint density at radius 2 is 2.00 bits per heavy atom. The number of pyridine rings is 1. The lowest BCUT2D eigenvalue weighted by Gasteiger charge is -2.32. The quantitative estimate of drug-likeness (QED) is 0.733. The van der Waals surface area contributed by atoms with Gasteiger partial charge in [0.2, 0.25) is 0 Å². The number of halogens is 3. The number of carbonyl (C=O) groups is 1. The van der Waals surface area contributed by atoms with Crippen LogP contribution in [0.1, 0.15) is 40.5 Å². The summed E-state index contributed by atoms with van der Waals surface area (Å²) in [6.45, 7) is 0.956. The van der Waals surface area contributed by atoms with Gasteiger partial charge >= 0.3 is 6.18 Å². The van der Waals surface area contributed by atoms with Crippen LogP contribution in [-0.4, -0.2) is 44.1 Å². The van der Waals surface area contributed by atoms with Crippen molar-refractivity contribution in [1.82, 2.24) is 25.1 Å². The van der Waals surface area contributed by atoms with Gasteiger partial charge in [-0.05, 0) is 36.5 Å². The van der Waals surface area contributed by atoms with Crippen molar-refractivity contribution in [3.05, 3.63) is 47.5 Å². The lowest BCUT2D eigenvalue weighted by molar-refractivity contribution is -0.141. The van der Waals surface area contributed by atoms with Crippen LogP contribution in [0.4, 0.5) is 13.2 Å². The highest BCUT2D eigenvalue weighted by Crippen LogP contribution is 2.33. The molecule has 0 spiro atoms. The second-order valence-electron chi connectivity index (χ2n) is 6.37. The van der Waals surface area contributed by atoms with Crippen LogP contribution in [0.3, 0.4) is 0 Å². The van der Waals surface area contributed by atoms with Crippen molar-refractivity contribution >= 4 is 16.9 Å². The first kappa shape index (κ1) is 16.6. The van der Waals surface area contributed by atoms with E-state index in [1.165, 1.54) is 5.56 Å². The lowest BCUT2D eigenvalue weighted by atomic mass is 9.88. The minimum Gasteiger partial charge on any atom is -0.346 e. The molecule has 0 unspecified atom stereocenters. The van der Waals surface area contributed by atoms with Gasteiger partial charge in [-0.1, -0.05) is 0 Å². The topological polar surface area (TPSA) is 77.7 Å². The molecular formula is C17H16F3N5O. The van der Waals surface area contributed by atoms with Crippen molar-refractivity contribution in [3.63, 3.8) is 0 Å². The summed E-state index contributed by atoms with van der Waals surface area (Å²) in [5.74, 6) is -0.193. The van der Waals surface area contributed by atoms with Crippen molar-refractivity contribution in [3.8, 4) is 0 Å². The van der Waals surface area contributed by atoms with Crippen LogP contribution in [0.15, 0.2) is 30.6 Å². The maximum Gasteiger partial charge on any atom is 0.432 e. The number of likely N-dealkylation sites (tertiary alicyclic amines) is 1. The zero-order valence-electron chi connectivity index (χ0n) is 13.7. The first-order valence-corrected chi connectivity index (χ1v) is 8.27. The fourth-order valence-corrected chi connectivity index (χ4v) is 3.47. The number of nitrogens with one attached hydrogen (secondary N) is 2. The molecule has 0 bridgehead atoms. The van der Waals surface area contributed by atoms with E-state index in [0.717, 1.165) is 29.9 Å². The Hall–Kier alpha value is -2.84. The molecule has 9 heteroatoms. The molecule has 4 heterocycles. The number of piperidine rings is 1. The summed E-state index contributed by atoms with van der Waals surface area (Å²) in [5, 5.41) is 6.47. The van der Waals surface area contributed by atoms with Crippen molar-refractivity contribution in [2.75, 3.05) is 13.1 Å². The van der Waals surface area contributed by atoms with Gasteiger partial charge in [-0.3, -0.25) is 9.89 Å². The maximum absolute atomic E-state index is 12.6. The van der Waals surface area contributed by atoms with E-state index in [1.807, 2.05) is 23.4 Å². The van der Waals surface area contributed by atoms with Gasteiger partial charge < -0.3 is 9.88 Å². The number of aromatic nitrogens is 4. The van der Waals surface area contributed by atoms with Gasteiger partial charge in [0.25, 0.3) is 5.91 Å². The SMILES string of the molecule is O=C(c1cc(C(F)(F)F)[nH]n1)N1CCC(c2ccnc3[nH]ccc23)CC1. The summed E-state index contributed by atoms with van der Waals surface area (Å²) in [4.78, 5) is 21.3. The number of aromatic amines is 2. The van der Waals surface area contributed by atoms with Crippen molar-refractivity contribution in [2.24, 2.45) is 0 Å². The maximum atomic E-state index is 12.6. The number of H-pyrrole nitrogens is 2. The monoisotopic (exact) mass is 363 g/mol. The van der Waals surface area contributed by atoms with Crippen LogP contribution in [0.25, 0.3) is 11.0 Å². The molecule has 0 radical (unpaired) electrons. The number of hydrogen-bond donors (Lipinski definition) is 2. The summed E-state index contributed by atoms with van der Waals surface area (Å²) in [5.41, 5.74) is 0.801. The number of hydrogen-bond acceptors (Lipinski definition) is 3. The predicted molar refractivity (Wildman–Crippen MR) is 87.6 cm³/mol. The molecule has 26 heavy (non-hydrogen) atoms. The van der Waals surface area contributed by atoms with Gasteiger partial charge in [-0.15, -0.1) is 0 Å². The molecule has 1 saturated heterocycles. The molecule has 4 rings (SSSR count). The number of fused-ring (bicyclic) bond motifs is 1. The average Bonchev–Trinajstić information content (AvgIpc) is 3.30. The first-order chi connectivity index (χ1) is 12.4. The zero-order chi connectivity index (χ0) is 18.3. The Kier molecular flexibility index (Phi) is 3.93. The molecule has 2 N–H and O–H groups in total. The van der Waals surface area contributed by atoms with E-state index in [9.17, 15) is 18.0 Å². The molecule has 136 valence electrons. The lowest BCUT2D eigenvalue weighted by Crippen LogP contribution is -2.38. The normalized spacial score (nSPS) is 16.3. The Morgan fingerprint density at radius 1 is 1.23 bits per heavy atom. The van der Waals surface area contributed by atoms with E-state index in [2.05, 4.69) is 15.1 Å². The largest absolute Gasteiger partial charge is 0.432 e. The third-order valence-corrected chi connectivity index (χ3v) is 4.82. The second kappa shape index (κ2) is 6.15. The Labute approximate surface area is 146 Å². The molecular weight excluding hydrogens is 347 g/mol. The number of nitrogens with zero attached hydrogens (tertiary/aromatic N) is 3. The highest BCUT2D eigenvalue weighted by molar-refractivity contribution is 5.92. The minimum atomic E-state index is -4.54. The molecule has 0 saturated carbocycles. The summed E-state index contributed by atoms with van der Waals surface area (Å²) >= 11 is 0. The molecule has 6 nitrogen and oxygen atoms in total. The van der Waals surface area contributed by atoms with E-state index in [-0.39, 0.29) is 11.6 Å². The minimum absolute atomic E-state index is 0.201. The van der Waals surface area contributed by atoms with Crippen molar-refractivity contribution < 1.29 is 18.0 Å². The van der Waals surface area contributed by atoms with Gasteiger partial charge in [-0.25, -0.2) is 4.98 Å². The van der Waals surface area contributed by atoms with Gasteiger partial charge in [-0.2, -0.15) is 18.3 Å². The molecule has 0 atom stereocenters. The van der Waals surface area contributed by atoms with Crippen LogP contribution in [0, 0.1) is 0 Å². The third-order valence-electron chi connectivity index (χ3n) is 4.82. The molecule has 1 aliphatic heterocycles. The fourth-order valence-electron chi connectivity index (χ4n) is 3.47. The molecule has 0 aliphatic carbocycles. The first-order valence-electron chi connectivity index (χ1n) is 8.27.